The first kappa shape index (κ1) is 14.1. The minimum Gasteiger partial charge on any atom is -0.294 e. The van der Waals surface area contributed by atoms with Crippen molar-refractivity contribution in [2.45, 2.75) is 45.4 Å². The average molecular weight is 278 g/mol. The van der Waals surface area contributed by atoms with Crippen molar-refractivity contribution in [3.8, 4) is 11.1 Å². The Hall–Kier alpha value is -1.89. The minimum absolute atomic E-state index is 0.171. The van der Waals surface area contributed by atoms with Gasteiger partial charge >= 0.3 is 0 Å². The normalized spacial score (nSPS) is 14.9. The molecular weight excluding hydrogens is 256 g/mol. The Morgan fingerprint density at radius 1 is 0.857 bits per heavy atom. The number of fused-ring (bicyclic) bond motifs is 1. The van der Waals surface area contributed by atoms with Gasteiger partial charge in [-0.25, -0.2) is 0 Å². The Morgan fingerprint density at radius 3 is 2.19 bits per heavy atom. The van der Waals surface area contributed by atoms with Crippen LogP contribution in [0.3, 0.4) is 0 Å². The van der Waals surface area contributed by atoms with Crippen LogP contribution in [0.5, 0.6) is 0 Å². The van der Waals surface area contributed by atoms with Crippen LogP contribution in [0.25, 0.3) is 11.1 Å². The minimum atomic E-state index is 0.171. The fourth-order valence-electron chi connectivity index (χ4n) is 2.97. The van der Waals surface area contributed by atoms with Gasteiger partial charge in [0.1, 0.15) is 0 Å². The molecular formula is C20H22O. The largest absolute Gasteiger partial charge is 0.294 e. The monoisotopic (exact) mass is 278 g/mol. The van der Waals surface area contributed by atoms with Crippen LogP contribution in [0.1, 0.15) is 55.1 Å². The van der Waals surface area contributed by atoms with Crippen molar-refractivity contribution >= 4 is 5.78 Å². The van der Waals surface area contributed by atoms with Gasteiger partial charge < -0.3 is 0 Å². The van der Waals surface area contributed by atoms with Gasteiger partial charge in [0.15, 0.2) is 5.78 Å². The number of Topliss-reactive ketones (excluding diaryl/α,β-unsaturated/α-hetero) is 1. The molecule has 0 heterocycles. The smallest absolute Gasteiger partial charge is 0.163 e. The molecule has 1 aliphatic rings. The first-order valence-corrected chi connectivity index (χ1v) is 7.72. The summed E-state index contributed by atoms with van der Waals surface area (Å²) in [6.07, 6.45) is 2.72. The maximum atomic E-state index is 12.1. The van der Waals surface area contributed by atoms with E-state index >= 15 is 0 Å². The summed E-state index contributed by atoms with van der Waals surface area (Å²) in [6, 6.07) is 15.0. The molecule has 21 heavy (non-hydrogen) atoms. The molecule has 0 aliphatic heterocycles. The van der Waals surface area contributed by atoms with Crippen molar-refractivity contribution in [1.82, 2.24) is 0 Å². The molecule has 0 saturated carbocycles. The fourth-order valence-corrected chi connectivity index (χ4v) is 2.97. The van der Waals surface area contributed by atoms with Crippen molar-refractivity contribution < 1.29 is 4.79 Å². The molecule has 2 aromatic rings. The second-order valence-corrected chi connectivity index (χ2v) is 6.98. The van der Waals surface area contributed by atoms with Gasteiger partial charge in [-0.1, -0.05) is 57.2 Å². The zero-order chi connectivity index (χ0) is 15.0. The third-order valence-electron chi connectivity index (χ3n) is 4.34. The highest BCUT2D eigenvalue weighted by atomic mass is 16.1. The molecule has 3 rings (SSSR count). The van der Waals surface area contributed by atoms with E-state index in [-0.39, 0.29) is 5.41 Å². The van der Waals surface area contributed by atoms with Crippen LogP contribution in [0.2, 0.25) is 0 Å². The van der Waals surface area contributed by atoms with Crippen molar-refractivity contribution in [3.63, 3.8) is 0 Å². The van der Waals surface area contributed by atoms with E-state index in [1.807, 2.05) is 0 Å². The van der Waals surface area contributed by atoms with Crippen LogP contribution in [0.4, 0.5) is 0 Å². The predicted octanol–water partition coefficient (Wildman–Crippen LogP) is 5.17. The van der Waals surface area contributed by atoms with Gasteiger partial charge in [0, 0.05) is 12.0 Å². The number of ketones is 1. The van der Waals surface area contributed by atoms with E-state index in [4.69, 9.17) is 0 Å². The Kier molecular flexibility index (Phi) is 3.44. The average Bonchev–Trinajstić information content (AvgIpc) is 2.47. The summed E-state index contributed by atoms with van der Waals surface area (Å²) in [6.45, 7) is 6.67. The van der Waals surface area contributed by atoms with Gasteiger partial charge in [-0.05, 0) is 46.6 Å². The highest BCUT2D eigenvalue weighted by Gasteiger charge is 2.18. The van der Waals surface area contributed by atoms with E-state index in [1.54, 1.807) is 0 Å². The number of carbonyl (C=O) groups excluding carboxylic acids is 1. The Labute approximate surface area is 127 Å². The third kappa shape index (κ3) is 2.78. The predicted molar refractivity (Wildman–Crippen MR) is 87.8 cm³/mol. The van der Waals surface area contributed by atoms with Crippen molar-refractivity contribution in [1.29, 1.82) is 0 Å². The number of benzene rings is 2. The molecule has 0 fully saturated rings. The van der Waals surface area contributed by atoms with E-state index in [0.717, 1.165) is 24.0 Å². The second kappa shape index (κ2) is 5.14. The van der Waals surface area contributed by atoms with Gasteiger partial charge in [0.05, 0.1) is 0 Å². The van der Waals surface area contributed by atoms with Crippen LogP contribution in [-0.4, -0.2) is 5.78 Å². The lowest BCUT2D eigenvalue weighted by Crippen LogP contribution is -2.11. The summed E-state index contributed by atoms with van der Waals surface area (Å²) in [5, 5.41) is 0. The molecule has 0 atom stereocenters. The van der Waals surface area contributed by atoms with E-state index in [2.05, 4.69) is 63.2 Å². The summed E-state index contributed by atoms with van der Waals surface area (Å²) in [5.74, 6) is 0.296. The Bertz CT molecular complexity index is 672. The van der Waals surface area contributed by atoms with Crippen LogP contribution >= 0.6 is 0 Å². The van der Waals surface area contributed by atoms with Crippen LogP contribution in [-0.2, 0) is 11.8 Å². The van der Waals surface area contributed by atoms with Gasteiger partial charge in [0.25, 0.3) is 0 Å². The van der Waals surface area contributed by atoms with Crippen molar-refractivity contribution in [3.05, 3.63) is 59.2 Å². The van der Waals surface area contributed by atoms with Crippen LogP contribution in [0.15, 0.2) is 42.5 Å². The number of carbonyl (C=O) groups is 1. The summed E-state index contributed by atoms with van der Waals surface area (Å²) < 4.78 is 0. The first-order valence-electron chi connectivity index (χ1n) is 7.72. The molecule has 1 nitrogen and oxygen atoms in total. The highest BCUT2D eigenvalue weighted by molar-refractivity contribution is 5.99. The molecule has 1 heteroatoms. The SMILES string of the molecule is CC(C)(C)c1ccc(-c2ccc3c(c2)C(=O)CCC3)cc1. The molecule has 0 aromatic heterocycles. The quantitative estimate of drug-likeness (QED) is 0.703. The van der Waals surface area contributed by atoms with Gasteiger partial charge in [-0.3, -0.25) is 4.79 Å². The topological polar surface area (TPSA) is 17.1 Å². The molecule has 0 bridgehead atoms. The third-order valence-corrected chi connectivity index (χ3v) is 4.34. The Morgan fingerprint density at radius 2 is 1.52 bits per heavy atom. The fraction of sp³-hybridized carbons (Fsp3) is 0.350. The van der Waals surface area contributed by atoms with Crippen LogP contribution in [0, 0.1) is 0 Å². The van der Waals surface area contributed by atoms with E-state index in [0.29, 0.717) is 12.2 Å². The molecule has 0 unspecified atom stereocenters. The zero-order valence-electron chi connectivity index (χ0n) is 13.1. The van der Waals surface area contributed by atoms with E-state index in [1.165, 1.54) is 16.7 Å². The summed E-state index contributed by atoms with van der Waals surface area (Å²) in [7, 11) is 0. The van der Waals surface area contributed by atoms with Crippen molar-refractivity contribution in [2.24, 2.45) is 0 Å². The maximum Gasteiger partial charge on any atom is 0.163 e. The molecule has 108 valence electrons. The lowest BCUT2D eigenvalue weighted by Gasteiger charge is -2.19. The van der Waals surface area contributed by atoms with Gasteiger partial charge in [0.2, 0.25) is 0 Å². The second-order valence-electron chi connectivity index (χ2n) is 6.98. The molecule has 2 aromatic carbocycles. The summed E-state index contributed by atoms with van der Waals surface area (Å²) >= 11 is 0. The van der Waals surface area contributed by atoms with Crippen LogP contribution < -0.4 is 0 Å². The lowest BCUT2D eigenvalue weighted by atomic mass is 9.85. The molecule has 0 amide bonds. The molecule has 0 saturated heterocycles. The summed E-state index contributed by atoms with van der Waals surface area (Å²) in [5.41, 5.74) is 5.97. The lowest BCUT2D eigenvalue weighted by molar-refractivity contribution is 0.0972. The number of rotatable bonds is 1. The Balaban J connectivity index is 1.98. The number of hydrogen-bond donors (Lipinski definition) is 0. The van der Waals surface area contributed by atoms with Gasteiger partial charge in [-0.15, -0.1) is 0 Å². The van der Waals surface area contributed by atoms with Crippen molar-refractivity contribution in [2.75, 3.05) is 0 Å². The molecule has 0 N–H and O–H groups in total. The molecule has 1 aliphatic carbocycles. The van der Waals surface area contributed by atoms with Gasteiger partial charge in [-0.2, -0.15) is 0 Å². The summed E-state index contributed by atoms with van der Waals surface area (Å²) in [4.78, 5) is 12.1. The number of hydrogen-bond acceptors (Lipinski definition) is 1. The highest BCUT2D eigenvalue weighted by Crippen LogP contribution is 2.29. The molecule has 0 spiro atoms. The maximum absolute atomic E-state index is 12.1. The zero-order valence-corrected chi connectivity index (χ0v) is 13.1. The standard InChI is InChI=1S/C20H22O/c1-20(2,3)17-11-9-14(10-12-17)16-8-7-15-5-4-6-19(21)18(15)13-16/h7-13H,4-6H2,1-3H3. The first-order chi connectivity index (χ1) is 9.95. The number of aryl methyl sites for hydroxylation is 1. The molecule has 0 radical (unpaired) electrons. The van der Waals surface area contributed by atoms with E-state index in [9.17, 15) is 4.79 Å². The van der Waals surface area contributed by atoms with E-state index < -0.39 is 0 Å².